The summed E-state index contributed by atoms with van der Waals surface area (Å²) in [7, 11) is 0. The molecule has 0 saturated carbocycles. The molecule has 1 fully saturated rings. The molecule has 1 heterocycles. The molecule has 0 aromatic heterocycles. The van der Waals surface area contributed by atoms with E-state index < -0.39 is 17.8 Å². The molecule has 1 aliphatic heterocycles. The van der Waals surface area contributed by atoms with Gasteiger partial charge in [0.05, 0.1) is 5.69 Å². The Hall–Kier alpha value is -4.23. The molecule has 0 bridgehead atoms. The van der Waals surface area contributed by atoms with Crippen LogP contribution in [0.15, 0.2) is 95.0 Å². The highest BCUT2D eigenvalue weighted by atomic mass is 79.9. The van der Waals surface area contributed by atoms with Crippen LogP contribution in [0.4, 0.5) is 10.5 Å². The van der Waals surface area contributed by atoms with E-state index in [-0.39, 0.29) is 5.57 Å². The average Bonchev–Trinajstić information content (AvgIpc) is 2.88. The fraction of sp³-hybridized carbons (Fsp3) is 0.0690. The zero-order chi connectivity index (χ0) is 25.2. The maximum absolute atomic E-state index is 13.5. The lowest BCUT2D eigenvalue weighted by Crippen LogP contribution is -2.54. The summed E-state index contributed by atoms with van der Waals surface area (Å²) >= 11 is 3.43. The van der Waals surface area contributed by atoms with Crippen LogP contribution in [0.2, 0.25) is 0 Å². The zero-order valence-electron chi connectivity index (χ0n) is 19.3. The van der Waals surface area contributed by atoms with Crippen LogP contribution >= 0.6 is 15.9 Å². The Morgan fingerprint density at radius 2 is 1.67 bits per heavy atom. The summed E-state index contributed by atoms with van der Waals surface area (Å²) in [6, 6.07) is 25.4. The minimum atomic E-state index is -0.789. The maximum Gasteiger partial charge on any atom is 0.335 e. The fourth-order valence-electron chi connectivity index (χ4n) is 4.09. The highest BCUT2D eigenvalue weighted by molar-refractivity contribution is 9.10. The normalized spacial score (nSPS) is 14.9. The Balaban J connectivity index is 1.59. The van der Waals surface area contributed by atoms with Crippen LogP contribution in [0, 0.1) is 6.92 Å². The van der Waals surface area contributed by atoms with Crippen LogP contribution in [0.3, 0.4) is 0 Å². The lowest BCUT2D eigenvalue weighted by molar-refractivity contribution is -0.122. The van der Waals surface area contributed by atoms with E-state index in [2.05, 4.69) is 21.2 Å². The second-order valence-electron chi connectivity index (χ2n) is 8.36. The SMILES string of the molecule is Cc1cc(N2C(=O)NC(=O)/C(=C/c3c(OCc4ccccc4)ccc4ccccc34)C2=O)ccc1Br. The number of barbiturate groups is 1. The number of hydrogen-bond acceptors (Lipinski definition) is 4. The highest BCUT2D eigenvalue weighted by Gasteiger charge is 2.37. The van der Waals surface area contributed by atoms with Gasteiger partial charge in [0.15, 0.2) is 0 Å². The highest BCUT2D eigenvalue weighted by Crippen LogP contribution is 2.33. The van der Waals surface area contributed by atoms with Crippen LogP contribution in [-0.4, -0.2) is 17.8 Å². The molecule has 6 nitrogen and oxygen atoms in total. The topological polar surface area (TPSA) is 75.7 Å². The van der Waals surface area contributed by atoms with Gasteiger partial charge in [0.1, 0.15) is 17.9 Å². The van der Waals surface area contributed by atoms with Crippen LogP contribution in [-0.2, 0) is 16.2 Å². The van der Waals surface area contributed by atoms with E-state index in [1.54, 1.807) is 18.2 Å². The molecule has 0 atom stereocenters. The monoisotopic (exact) mass is 540 g/mol. The first-order chi connectivity index (χ1) is 17.4. The van der Waals surface area contributed by atoms with Gasteiger partial charge in [0, 0.05) is 10.0 Å². The van der Waals surface area contributed by atoms with Gasteiger partial charge in [-0.3, -0.25) is 14.9 Å². The standard InChI is InChI=1S/C29H21BrN2O4/c1-18-15-21(12-13-25(18)30)32-28(34)24(27(33)31-29(32)35)16-23-22-10-6-5-9-20(22)11-14-26(23)36-17-19-7-3-2-4-8-19/h2-16H,17H2,1H3,(H,31,33,35)/b24-16-. The molecule has 36 heavy (non-hydrogen) atoms. The average molecular weight is 541 g/mol. The molecule has 4 amide bonds. The number of anilines is 1. The van der Waals surface area contributed by atoms with Gasteiger partial charge in [-0.15, -0.1) is 0 Å². The number of ether oxygens (including phenoxy) is 1. The summed E-state index contributed by atoms with van der Waals surface area (Å²) in [6.07, 6.45) is 1.51. The first-order valence-corrected chi connectivity index (χ1v) is 12.1. The summed E-state index contributed by atoms with van der Waals surface area (Å²) in [5.41, 5.74) is 2.63. The Kier molecular flexibility index (Phi) is 6.40. The summed E-state index contributed by atoms with van der Waals surface area (Å²) in [4.78, 5) is 40.0. The molecule has 0 spiro atoms. The lowest BCUT2D eigenvalue weighted by Gasteiger charge is -2.27. The molecule has 178 valence electrons. The van der Waals surface area contributed by atoms with Crippen LogP contribution in [0.1, 0.15) is 16.7 Å². The number of rotatable bonds is 5. The minimum absolute atomic E-state index is 0.156. The largest absolute Gasteiger partial charge is 0.488 e. The number of carbonyl (C=O) groups is 3. The maximum atomic E-state index is 13.5. The number of amides is 4. The number of urea groups is 1. The molecule has 5 rings (SSSR count). The van der Waals surface area contributed by atoms with E-state index >= 15 is 0 Å². The molecule has 0 aliphatic carbocycles. The number of imide groups is 2. The molecule has 0 radical (unpaired) electrons. The summed E-state index contributed by atoms with van der Waals surface area (Å²) < 4.78 is 6.98. The van der Waals surface area contributed by atoms with E-state index in [4.69, 9.17) is 4.74 Å². The summed E-state index contributed by atoms with van der Waals surface area (Å²) in [5, 5.41) is 4.04. The van der Waals surface area contributed by atoms with Gasteiger partial charge in [0.2, 0.25) is 0 Å². The number of hydrogen-bond donors (Lipinski definition) is 1. The summed E-state index contributed by atoms with van der Waals surface area (Å²) in [5.74, 6) is -0.932. The fourth-order valence-corrected chi connectivity index (χ4v) is 4.34. The quantitative estimate of drug-likeness (QED) is 0.243. The van der Waals surface area contributed by atoms with Crippen molar-refractivity contribution < 1.29 is 19.1 Å². The third kappa shape index (κ3) is 4.53. The number of nitrogens with one attached hydrogen (secondary N) is 1. The van der Waals surface area contributed by atoms with Crippen molar-refractivity contribution in [3.8, 4) is 5.75 Å². The number of carbonyl (C=O) groups excluding carboxylic acids is 3. The van der Waals surface area contributed by atoms with E-state index in [1.807, 2.05) is 73.7 Å². The molecule has 7 heteroatoms. The number of benzene rings is 4. The first kappa shape index (κ1) is 23.5. The molecule has 1 N–H and O–H groups in total. The van der Waals surface area contributed by atoms with Crippen molar-refractivity contribution in [2.24, 2.45) is 0 Å². The van der Waals surface area contributed by atoms with E-state index in [0.717, 1.165) is 31.3 Å². The van der Waals surface area contributed by atoms with Crippen LogP contribution in [0.5, 0.6) is 5.75 Å². The zero-order valence-corrected chi connectivity index (χ0v) is 20.9. The van der Waals surface area contributed by atoms with Crippen LogP contribution in [0.25, 0.3) is 16.8 Å². The Bertz CT molecular complexity index is 1550. The van der Waals surface area contributed by atoms with Crippen LogP contribution < -0.4 is 15.0 Å². The second kappa shape index (κ2) is 9.79. The van der Waals surface area contributed by atoms with Gasteiger partial charge in [-0.1, -0.05) is 76.6 Å². The second-order valence-corrected chi connectivity index (χ2v) is 9.22. The van der Waals surface area contributed by atoms with E-state index in [9.17, 15) is 14.4 Å². The van der Waals surface area contributed by atoms with Crippen molar-refractivity contribution in [3.05, 3.63) is 112 Å². The molecule has 1 saturated heterocycles. The van der Waals surface area contributed by atoms with E-state index in [0.29, 0.717) is 23.6 Å². The van der Waals surface area contributed by atoms with Crippen molar-refractivity contribution in [3.63, 3.8) is 0 Å². The molecular formula is C29H21BrN2O4. The van der Waals surface area contributed by atoms with Gasteiger partial charge >= 0.3 is 6.03 Å². The lowest BCUT2D eigenvalue weighted by atomic mass is 9.99. The third-order valence-electron chi connectivity index (χ3n) is 5.96. The first-order valence-electron chi connectivity index (χ1n) is 11.3. The number of fused-ring (bicyclic) bond motifs is 1. The molecule has 4 aromatic carbocycles. The van der Waals surface area contributed by atoms with Gasteiger partial charge in [0.25, 0.3) is 11.8 Å². The minimum Gasteiger partial charge on any atom is -0.488 e. The smallest absolute Gasteiger partial charge is 0.335 e. The Morgan fingerprint density at radius 1 is 0.917 bits per heavy atom. The van der Waals surface area contributed by atoms with E-state index in [1.165, 1.54) is 6.08 Å². The number of nitrogens with zero attached hydrogens (tertiary/aromatic N) is 1. The Labute approximate surface area is 216 Å². The van der Waals surface area contributed by atoms with Gasteiger partial charge in [-0.2, -0.15) is 0 Å². The predicted molar refractivity (Wildman–Crippen MR) is 143 cm³/mol. The van der Waals surface area contributed by atoms with Gasteiger partial charge in [-0.25, -0.2) is 9.69 Å². The van der Waals surface area contributed by atoms with Crippen molar-refractivity contribution >= 4 is 56.3 Å². The summed E-state index contributed by atoms with van der Waals surface area (Å²) in [6.45, 7) is 2.17. The number of halogens is 1. The van der Waals surface area contributed by atoms with Crippen molar-refractivity contribution in [2.75, 3.05) is 4.90 Å². The predicted octanol–water partition coefficient (Wildman–Crippen LogP) is 6.16. The van der Waals surface area contributed by atoms with Crippen molar-refractivity contribution in [1.29, 1.82) is 0 Å². The van der Waals surface area contributed by atoms with Gasteiger partial charge in [-0.05, 0) is 59.2 Å². The molecule has 0 unspecified atom stereocenters. The van der Waals surface area contributed by atoms with Crippen molar-refractivity contribution in [2.45, 2.75) is 13.5 Å². The number of aryl methyl sites for hydroxylation is 1. The Morgan fingerprint density at radius 3 is 2.44 bits per heavy atom. The third-order valence-corrected chi connectivity index (χ3v) is 6.85. The van der Waals surface area contributed by atoms with Gasteiger partial charge < -0.3 is 4.74 Å². The molecule has 4 aromatic rings. The molecular weight excluding hydrogens is 520 g/mol. The van der Waals surface area contributed by atoms with Crippen molar-refractivity contribution in [1.82, 2.24) is 5.32 Å². The molecule has 1 aliphatic rings.